The Hall–Kier alpha value is -2.93. The van der Waals surface area contributed by atoms with E-state index in [9.17, 15) is 4.79 Å². The SMILES string of the molecule is COC(=O)C#CC(Nc1ccccc1)c1ccc(OC)cc1. The van der Waals surface area contributed by atoms with Crippen LogP contribution in [-0.4, -0.2) is 20.2 Å². The number of rotatable bonds is 4. The highest BCUT2D eigenvalue weighted by Crippen LogP contribution is 2.21. The second-order valence-electron chi connectivity index (χ2n) is 4.48. The van der Waals surface area contributed by atoms with Crippen LogP contribution in [0.25, 0.3) is 0 Å². The van der Waals surface area contributed by atoms with Crippen molar-refractivity contribution in [2.24, 2.45) is 0 Å². The summed E-state index contributed by atoms with van der Waals surface area (Å²) in [4.78, 5) is 11.3. The van der Waals surface area contributed by atoms with Gasteiger partial charge in [-0.3, -0.25) is 0 Å². The first-order valence-corrected chi connectivity index (χ1v) is 6.78. The van der Waals surface area contributed by atoms with E-state index >= 15 is 0 Å². The summed E-state index contributed by atoms with van der Waals surface area (Å²) in [5.41, 5.74) is 1.85. The molecule has 0 spiro atoms. The van der Waals surface area contributed by atoms with Gasteiger partial charge in [-0.1, -0.05) is 36.3 Å². The van der Waals surface area contributed by atoms with Crippen LogP contribution in [0.2, 0.25) is 0 Å². The van der Waals surface area contributed by atoms with Crippen LogP contribution in [0.15, 0.2) is 54.6 Å². The average Bonchev–Trinajstić information content (AvgIpc) is 2.59. The Bertz CT molecular complexity index is 669. The molecule has 22 heavy (non-hydrogen) atoms. The van der Waals surface area contributed by atoms with Crippen LogP contribution in [0.3, 0.4) is 0 Å². The van der Waals surface area contributed by atoms with Gasteiger partial charge >= 0.3 is 5.97 Å². The third-order valence-corrected chi connectivity index (χ3v) is 3.04. The molecule has 0 fully saturated rings. The summed E-state index contributed by atoms with van der Waals surface area (Å²) in [5, 5.41) is 3.29. The number of carbonyl (C=O) groups excluding carboxylic acids is 1. The maximum Gasteiger partial charge on any atom is 0.384 e. The number of benzene rings is 2. The number of carbonyl (C=O) groups is 1. The van der Waals surface area contributed by atoms with Crippen LogP contribution in [0.4, 0.5) is 5.69 Å². The quantitative estimate of drug-likeness (QED) is 0.535. The van der Waals surface area contributed by atoms with Crippen molar-refractivity contribution in [1.82, 2.24) is 0 Å². The number of esters is 1. The van der Waals surface area contributed by atoms with Crippen LogP contribution in [-0.2, 0) is 9.53 Å². The molecule has 4 heteroatoms. The lowest BCUT2D eigenvalue weighted by Crippen LogP contribution is -2.09. The summed E-state index contributed by atoms with van der Waals surface area (Å²) in [5.74, 6) is 5.58. The van der Waals surface area contributed by atoms with Crippen LogP contribution >= 0.6 is 0 Å². The van der Waals surface area contributed by atoms with Gasteiger partial charge in [-0.25, -0.2) is 4.79 Å². The molecule has 1 atom stereocenters. The molecule has 0 aromatic heterocycles. The van der Waals surface area contributed by atoms with E-state index in [2.05, 4.69) is 21.9 Å². The smallest absolute Gasteiger partial charge is 0.384 e. The first kappa shape index (κ1) is 15.5. The van der Waals surface area contributed by atoms with E-state index < -0.39 is 5.97 Å². The predicted octanol–water partition coefficient (Wildman–Crippen LogP) is 3.02. The molecule has 0 aliphatic carbocycles. The molecule has 112 valence electrons. The number of hydrogen-bond donors (Lipinski definition) is 1. The summed E-state index contributed by atoms with van der Waals surface area (Å²) in [6.45, 7) is 0. The molecule has 0 aliphatic heterocycles. The van der Waals surface area contributed by atoms with E-state index in [0.29, 0.717) is 0 Å². The Morgan fingerprint density at radius 1 is 1.05 bits per heavy atom. The van der Waals surface area contributed by atoms with Gasteiger partial charge in [0.05, 0.1) is 14.2 Å². The molecule has 2 aromatic carbocycles. The minimum atomic E-state index is -0.562. The Labute approximate surface area is 130 Å². The van der Waals surface area contributed by atoms with Gasteiger partial charge in [-0.05, 0) is 29.8 Å². The third-order valence-electron chi connectivity index (χ3n) is 3.04. The summed E-state index contributed by atoms with van der Waals surface area (Å²) in [6, 6.07) is 16.9. The van der Waals surface area contributed by atoms with Crippen molar-refractivity contribution < 1.29 is 14.3 Å². The summed E-state index contributed by atoms with van der Waals surface area (Å²) in [6.07, 6.45) is 0. The van der Waals surface area contributed by atoms with Gasteiger partial charge in [-0.15, -0.1) is 0 Å². The van der Waals surface area contributed by atoms with Gasteiger partial charge in [0.2, 0.25) is 0 Å². The molecule has 0 amide bonds. The van der Waals surface area contributed by atoms with Crippen molar-refractivity contribution in [3.8, 4) is 17.6 Å². The second-order valence-corrected chi connectivity index (χ2v) is 4.48. The van der Waals surface area contributed by atoms with Gasteiger partial charge in [0.15, 0.2) is 0 Å². The second kappa shape index (κ2) is 7.75. The van der Waals surface area contributed by atoms with Crippen molar-refractivity contribution in [3.05, 3.63) is 60.2 Å². The van der Waals surface area contributed by atoms with E-state index in [1.54, 1.807) is 7.11 Å². The Kier molecular flexibility index (Phi) is 5.44. The first-order chi connectivity index (χ1) is 10.7. The van der Waals surface area contributed by atoms with Crippen molar-refractivity contribution in [2.75, 3.05) is 19.5 Å². The van der Waals surface area contributed by atoms with E-state index in [1.807, 2.05) is 54.6 Å². The predicted molar refractivity (Wildman–Crippen MR) is 85.6 cm³/mol. The molecule has 0 heterocycles. The molecule has 1 unspecified atom stereocenters. The minimum Gasteiger partial charge on any atom is -0.497 e. The zero-order valence-electron chi connectivity index (χ0n) is 12.5. The Morgan fingerprint density at radius 3 is 2.32 bits per heavy atom. The molecular weight excluding hydrogens is 278 g/mol. The fourth-order valence-corrected chi connectivity index (χ4v) is 1.88. The fraction of sp³-hybridized carbons (Fsp3) is 0.167. The van der Waals surface area contributed by atoms with E-state index in [1.165, 1.54) is 7.11 Å². The van der Waals surface area contributed by atoms with Crippen LogP contribution < -0.4 is 10.1 Å². The van der Waals surface area contributed by atoms with Crippen LogP contribution in [0.1, 0.15) is 11.6 Å². The Morgan fingerprint density at radius 2 is 1.73 bits per heavy atom. The zero-order valence-corrected chi connectivity index (χ0v) is 12.5. The maximum absolute atomic E-state index is 11.3. The molecule has 0 radical (unpaired) electrons. The summed E-state index contributed by atoms with van der Waals surface area (Å²) in [7, 11) is 2.93. The van der Waals surface area contributed by atoms with Crippen molar-refractivity contribution >= 4 is 11.7 Å². The van der Waals surface area contributed by atoms with E-state index in [0.717, 1.165) is 17.0 Å². The van der Waals surface area contributed by atoms with Gasteiger partial charge in [0.1, 0.15) is 11.8 Å². The standard InChI is InChI=1S/C18H17NO3/c1-21-16-10-8-14(9-11-16)17(12-13-18(20)22-2)19-15-6-4-3-5-7-15/h3-11,17,19H,1-2H3. The molecule has 0 bridgehead atoms. The highest BCUT2D eigenvalue weighted by Gasteiger charge is 2.09. The fourth-order valence-electron chi connectivity index (χ4n) is 1.88. The monoisotopic (exact) mass is 295 g/mol. The average molecular weight is 295 g/mol. The molecule has 2 rings (SSSR count). The van der Waals surface area contributed by atoms with Crippen molar-refractivity contribution in [3.63, 3.8) is 0 Å². The lowest BCUT2D eigenvalue weighted by Gasteiger charge is -2.15. The molecular formula is C18H17NO3. The lowest BCUT2D eigenvalue weighted by atomic mass is 10.1. The third kappa shape index (κ3) is 4.29. The van der Waals surface area contributed by atoms with Crippen LogP contribution in [0.5, 0.6) is 5.75 Å². The van der Waals surface area contributed by atoms with E-state index in [4.69, 9.17) is 4.74 Å². The topological polar surface area (TPSA) is 47.6 Å². The zero-order chi connectivity index (χ0) is 15.8. The normalized spacial score (nSPS) is 10.8. The highest BCUT2D eigenvalue weighted by atomic mass is 16.5. The minimum absolute atomic E-state index is 0.326. The van der Waals surface area contributed by atoms with Crippen molar-refractivity contribution in [2.45, 2.75) is 6.04 Å². The number of para-hydroxylation sites is 1. The number of hydrogen-bond acceptors (Lipinski definition) is 4. The van der Waals surface area contributed by atoms with Gasteiger partial charge in [-0.2, -0.15) is 0 Å². The number of methoxy groups -OCH3 is 2. The summed E-state index contributed by atoms with van der Waals surface area (Å²) >= 11 is 0. The number of ether oxygens (including phenoxy) is 2. The molecule has 0 aliphatic rings. The van der Waals surface area contributed by atoms with Gasteiger partial charge < -0.3 is 14.8 Å². The maximum atomic E-state index is 11.3. The lowest BCUT2D eigenvalue weighted by molar-refractivity contribution is -0.133. The Balaban J connectivity index is 2.26. The highest BCUT2D eigenvalue weighted by molar-refractivity contribution is 5.88. The van der Waals surface area contributed by atoms with Gasteiger partial charge in [0, 0.05) is 11.6 Å². The summed E-state index contributed by atoms with van der Waals surface area (Å²) < 4.78 is 9.72. The number of anilines is 1. The molecule has 2 aromatic rings. The molecule has 4 nitrogen and oxygen atoms in total. The first-order valence-electron chi connectivity index (χ1n) is 6.78. The molecule has 0 saturated heterocycles. The number of nitrogens with one attached hydrogen (secondary N) is 1. The molecule has 0 saturated carbocycles. The van der Waals surface area contributed by atoms with E-state index in [-0.39, 0.29) is 6.04 Å². The van der Waals surface area contributed by atoms with Crippen molar-refractivity contribution in [1.29, 1.82) is 0 Å². The largest absolute Gasteiger partial charge is 0.497 e. The van der Waals surface area contributed by atoms with Gasteiger partial charge in [0.25, 0.3) is 0 Å². The van der Waals surface area contributed by atoms with Crippen LogP contribution in [0, 0.1) is 11.8 Å². The molecule has 1 N–H and O–H groups in total.